The summed E-state index contributed by atoms with van der Waals surface area (Å²) in [5.41, 5.74) is 1.16. The van der Waals surface area contributed by atoms with Gasteiger partial charge in [-0.3, -0.25) is 9.59 Å². The molecule has 264 valence electrons. The summed E-state index contributed by atoms with van der Waals surface area (Å²) in [5, 5.41) is 30.1. The number of rotatable bonds is 23. The molecule has 48 heavy (non-hydrogen) atoms. The number of carbonyl (C=O) groups is 1. The van der Waals surface area contributed by atoms with E-state index in [2.05, 4.69) is 29.3 Å². The van der Waals surface area contributed by atoms with Crippen LogP contribution in [0.15, 0.2) is 27.9 Å². The first kappa shape index (κ1) is 38.0. The Labute approximate surface area is 281 Å². The van der Waals surface area contributed by atoms with Crippen molar-refractivity contribution in [3.8, 4) is 17.1 Å². The molecule has 3 N–H and O–H groups in total. The minimum absolute atomic E-state index is 0.127. The number of aromatic amines is 1. The molecule has 1 fully saturated rings. The first-order chi connectivity index (χ1) is 23.0. The average molecular weight is 694 g/mol. The lowest BCUT2D eigenvalue weighted by Crippen LogP contribution is -2.41. The van der Waals surface area contributed by atoms with Gasteiger partial charge in [-0.2, -0.15) is 0 Å². The van der Waals surface area contributed by atoms with Crippen LogP contribution >= 0.6 is 11.9 Å². The molecule has 0 spiro atoms. The predicted octanol–water partition coefficient (Wildman–Crippen LogP) is 4.65. The van der Waals surface area contributed by atoms with E-state index in [4.69, 9.17) is 14.9 Å². The highest BCUT2D eigenvalue weighted by molar-refractivity contribution is 7.97. The summed E-state index contributed by atoms with van der Waals surface area (Å²) in [4.78, 5) is 62.8. The number of anilines is 1. The molecule has 1 aromatic heterocycles. The van der Waals surface area contributed by atoms with Gasteiger partial charge in [0.1, 0.15) is 35.7 Å². The number of benzene rings is 1. The number of aromatic nitrogens is 2. The van der Waals surface area contributed by atoms with Crippen molar-refractivity contribution < 1.29 is 34.1 Å². The van der Waals surface area contributed by atoms with Crippen molar-refractivity contribution in [1.82, 2.24) is 14.3 Å². The first-order valence-corrected chi connectivity index (χ1v) is 16.7. The molecule has 0 aliphatic carbocycles. The van der Waals surface area contributed by atoms with Gasteiger partial charge in [-0.25, -0.2) is 9.29 Å². The Kier molecular flexibility index (Phi) is 15.4. The van der Waals surface area contributed by atoms with Gasteiger partial charge in [0.25, 0.3) is 15.7 Å². The second-order valence-electron chi connectivity index (χ2n) is 11.1. The molecule has 2 heterocycles. The van der Waals surface area contributed by atoms with Crippen LogP contribution in [-0.2, 0) is 19.2 Å². The molecule has 1 unspecified atom stereocenters. The third-order valence-corrected chi connectivity index (χ3v) is 8.42. The molecule has 3 rings (SSSR count). The smallest absolute Gasteiger partial charge is 0.305 e. The van der Waals surface area contributed by atoms with Crippen LogP contribution in [0.1, 0.15) is 70.9 Å². The lowest BCUT2D eigenvalue weighted by molar-refractivity contribution is -0.790. The molecule has 17 nitrogen and oxygen atoms in total. The fourth-order valence-electron chi connectivity index (χ4n) is 5.08. The fraction of sp³-hybridized carbons (Fsp3) is 0.600. The highest BCUT2D eigenvalue weighted by Gasteiger charge is 2.28. The van der Waals surface area contributed by atoms with E-state index < -0.39 is 22.9 Å². The second kappa shape index (κ2) is 19.4. The molecule has 1 aliphatic rings. The number of carbonyl (C=O) groups excluding carboxylic acids is 1. The Morgan fingerprint density at radius 1 is 1.19 bits per heavy atom. The maximum atomic E-state index is 12.9. The molecule has 1 saturated heterocycles. The van der Waals surface area contributed by atoms with E-state index in [-0.39, 0.29) is 35.8 Å². The number of hydrogen-bond acceptors (Lipinski definition) is 15. The number of hydrogen-bond donors (Lipinski definition) is 3. The van der Waals surface area contributed by atoms with Crippen LogP contribution in [-0.4, -0.2) is 82.2 Å². The number of H-pyrrole nitrogens is 1. The zero-order valence-corrected chi connectivity index (χ0v) is 28.2. The molecule has 0 amide bonds. The molecule has 0 saturated carbocycles. The van der Waals surface area contributed by atoms with Gasteiger partial charge in [-0.05, 0) is 75.1 Å². The van der Waals surface area contributed by atoms with Gasteiger partial charge in [-0.1, -0.05) is 19.8 Å². The first-order valence-electron chi connectivity index (χ1n) is 15.9. The van der Waals surface area contributed by atoms with Crippen LogP contribution in [0.4, 0.5) is 5.69 Å². The van der Waals surface area contributed by atoms with E-state index >= 15 is 0 Å². The number of unbranched alkanes of at least 4 members (excludes halogenated alkanes) is 1. The Balaban J connectivity index is 1.44. The summed E-state index contributed by atoms with van der Waals surface area (Å²) in [7, 11) is 1.63. The van der Waals surface area contributed by atoms with Crippen molar-refractivity contribution in [2.75, 3.05) is 45.3 Å². The van der Waals surface area contributed by atoms with Crippen molar-refractivity contribution >= 4 is 29.3 Å². The lowest BCUT2D eigenvalue weighted by Gasteiger charge is -2.38. The molecule has 2 aromatic rings. The van der Waals surface area contributed by atoms with Crippen molar-refractivity contribution in [3.63, 3.8) is 0 Å². The summed E-state index contributed by atoms with van der Waals surface area (Å²) < 4.78 is 13.4. The lowest BCUT2D eigenvalue weighted by atomic mass is 9.98. The molecule has 0 radical (unpaired) electrons. The maximum absolute atomic E-state index is 12.9. The minimum atomic E-state index is -1.09. The normalized spacial score (nSPS) is 13.6. The van der Waals surface area contributed by atoms with Crippen molar-refractivity contribution in [3.05, 3.63) is 54.5 Å². The number of nitrogens with zero attached hydrogens (tertiary/aromatic N) is 4. The van der Waals surface area contributed by atoms with E-state index in [1.165, 1.54) is 0 Å². The fourth-order valence-corrected chi connectivity index (χ4v) is 6.25. The molecule has 1 atom stereocenters. The number of esters is 1. The van der Waals surface area contributed by atoms with Gasteiger partial charge in [0.05, 0.1) is 24.5 Å². The molecular weight excluding hydrogens is 650 g/mol. The quantitative estimate of drug-likeness (QED) is 0.0360. The average Bonchev–Trinajstić information content (AvgIpc) is 3.02. The summed E-state index contributed by atoms with van der Waals surface area (Å²) in [5.74, 6) is 1.01. The SMILES string of the molecule is CCCC(=N)c1nc(-c2cc(SN3CC(CCCOC(=O)CCCCC(CO[N+](=O)[O-])O[N+](=O)[O-])C3)ccc2OCC)[nH]c(=O)c1NC. The largest absolute Gasteiger partial charge is 0.493 e. The van der Waals surface area contributed by atoms with Gasteiger partial charge >= 0.3 is 5.97 Å². The highest BCUT2D eigenvalue weighted by Crippen LogP contribution is 2.37. The van der Waals surface area contributed by atoms with Crippen LogP contribution in [0.3, 0.4) is 0 Å². The molecule has 1 aliphatic heterocycles. The van der Waals surface area contributed by atoms with Crippen molar-refractivity contribution in [2.24, 2.45) is 5.92 Å². The topological polar surface area (TPSA) is 225 Å². The monoisotopic (exact) mass is 693 g/mol. The third kappa shape index (κ3) is 12.0. The molecule has 0 bridgehead atoms. The number of nitrogens with one attached hydrogen (secondary N) is 3. The van der Waals surface area contributed by atoms with E-state index in [0.717, 1.165) is 37.2 Å². The van der Waals surface area contributed by atoms with Crippen LogP contribution in [0.5, 0.6) is 5.75 Å². The number of ether oxygens (including phenoxy) is 2. The van der Waals surface area contributed by atoms with Crippen LogP contribution in [0.2, 0.25) is 0 Å². The Hall–Kier alpha value is -4.45. The van der Waals surface area contributed by atoms with Gasteiger partial charge in [0, 0.05) is 31.5 Å². The predicted molar refractivity (Wildman–Crippen MR) is 177 cm³/mol. The van der Waals surface area contributed by atoms with Crippen molar-refractivity contribution in [1.29, 1.82) is 5.41 Å². The summed E-state index contributed by atoms with van der Waals surface area (Å²) in [6, 6.07) is 5.75. The Morgan fingerprint density at radius 2 is 1.96 bits per heavy atom. The minimum Gasteiger partial charge on any atom is -0.493 e. The highest BCUT2D eigenvalue weighted by atomic mass is 32.2. The Bertz CT molecular complexity index is 1470. The van der Waals surface area contributed by atoms with Crippen LogP contribution < -0.4 is 15.6 Å². The van der Waals surface area contributed by atoms with Crippen LogP contribution in [0.25, 0.3) is 11.4 Å². The van der Waals surface area contributed by atoms with Crippen LogP contribution in [0, 0.1) is 31.6 Å². The zero-order chi connectivity index (χ0) is 35.1. The molecule has 18 heteroatoms. The van der Waals surface area contributed by atoms with Gasteiger partial charge in [-0.15, -0.1) is 20.2 Å². The second-order valence-corrected chi connectivity index (χ2v) is 12.3. The third-order valence-electron chi connectivity index (χ3n) is 7.40. The van der Waals surface area contributed by atoms with Crippen molar-refractivity contribution in [2.45, 2.75) is 76.2 Å². The summed E-state index contributed by atoms with van der Waals surface area (Å²) in [6.45, 7) is 5.74. The van der Waals surface area contributed by atoms with Gasteiger partial charge < -0.3 is 34.9 Å². The van der Waals surface area contributed by atoms with Gasteiger partial charge in [0.2, 0.25) is 0 Å². The Morgan fingerprint density at radius 3 is 2.62 bits per heavy atom. The van der Waals surface area contributed by atoms with Gasteiger partial charge in [0.15, 0.2) is 0 Å². The van der Waals surface area contributed by atoms with E-state index in [1.807, 2.05) is 32.0 Å². The maximum Gasteiger partial charge on any atom is 0.305 e. The summed E-state index contributed by atoms with van der Waals surface area (Å²) in [6.07, 6.45) is 2.81. The standard InChI is InChI=1S/C30H43N7O10S/c1-4-9-24(31)27-28(32-3)30(39)34-29(33-27)23-16-22(13-14-25(23)44-5-2)48-35-17-20(18-35)10-8-15-45-26(38)12-7-6-11-21(47-37(42)43)19-46-36(40)41/h13-14,16,20-21,31-32H,4-12,15,17-19H2,1-3H3,(H,33,34,39). The zero-order valence-electron chi connectivity index (χ0n) is 27.4. The molecule has 1 aromatic carbocycles. The molecular formula is C30H43N7O10S. The van der Waals surface area contributed by atoms with E-state index in [0.29, 0.717) is 61.2 Å². The van der Waals surface area contributed by atoms with E-state index in [1.54, 1.807) is 19.0 Å². The summed E-state index contributed by atoms with van der Waals surface area (Å²) >= 11 is 1.60. The van der Waals surface area contributed by atoms with E-state index in [9.17, 15) is 29.8 Å².